The quantitative estimate of drug-likeness (QED) is 0.550. The van der Waals surface area contributed by atoms with Crippen molar-refractivity contribution in [3.8, 4) is 0 Å². The molecule has 0 unspecified atom stereocenters. The lowest BCUT2D eigenvalue weighted by Gasteiger charge is -2.29. The van der Waals surface area contributed by atoms with Crippen LogP contribution in [0, 0.1) is 0 Å². The Balaban J connectivity index is 2.94. The van der Waals surface area contributed by atoms with E-state index in [4.69, 9.17) is 14.2 Å². The topological polar surface area (TPSA) is 82.1 Å². The minimum Gasteiger partial charge on any atom is -0.464 e. The molecule has 0 aromatic rings. The number of carbonyl (C=O) groups excluding carboxylic acids is 3. The van der Waals surface area contributed by atoms with Gasteiger partial charge in [-0.05, 0) is 27.7 Å². The summed E-state index contributed by atoms with van der Waals surface area (Å²) in [5, 5.41) is 0. The summed E-state index contributed by atoms with van der Waals surface area (Å²) < 4.78 is 15.1. The summed E-state index contributed by atoms with van der Waals surface area (Å²) in [5.41, 5.74) is -0.716. The smallest absolute Gasteiger partial charge is 0.411 e. The van der Waals surface area contributed by atoms with Crippen LogP contribution in [0.15, 0.2) is 0 Å². The molecule has 0 N–H and O–H groups in total. The average Bonchev–Trinajstić information content (AvgIpc) is 2.49. The molecular weight excluding hydrogens is 266 g/mol. The van der Waals surface area contributed by atoms with Crippen LogP contribution in [0.3, 0.4) is 0 Å². The Morgan fingerprint density at radius 3 is 2.60 bits per heavy atom. The molecule has 0 radical (unpaired) electrons. The van der Waals surface area contributed by atoms with Crippen molar-refractivity contribution in [2.24, 2.45) is 0 Å². The molecule has 7 heteroatoms. The summed E-state index contributed by atoms with van der Waals surface area (Å²) in [6, 6.07) is -1.30. The summed E-state index contributed by atoms with van der Waals surface area (Å²) in [5.74, 6) is -1.26. The SMILES string of the molecule is CCOC(=O)[C@@H]1C(=O)COCCN1C(=O)OC(C)(C)C. The zero-order valence-electron chi connectivity index (χ0n) is 12.3. The zero-order valence-corrected chi connectivity index (χ0v) is 12.3. The van der Waals surface area contributed by atoms with E-state index < -0.39 is 29.5 Å². The molecule has 1 aliphatic rings. The summed E-state index contributed by atoms with van der Waals surface area (Å²) >= 11 is 0. The van der Waals surface area contributed by atoms with Gasteiger partial charge in [-0.2, -0.15) is 0 Å². The summed E-state index contributed by atoms with van der Waals surface area (Å²) in [6.45, 7) is 6.94. The molecule has 1 amide bonds. The Labute approximate surface area is 118 Å². The standard InChI is InChI=1S/C13H21NO6/c1-5-19-11(16)10-9(15)8-18-7-6-14(10)12(17)20-13(2,3)4/h10H,5-8H2,1-4H3/t10-/m0/s1. The molecular formula is C13H21NO6. The molecule has 1 rings (SSSR count). The predicted molar refractivity (Wildman–Crippen MR) is 69.2 cm³/mol. The third kappa shape index (κ3) is 4.48. The van der Waals surface area contributed by atoms with Crippen LogP contribution in [-0.4, -0.2) is 60.8 Å². The Morgan fingerprint density at radius 2 is 2.05 bits per heavy atom. The first-order valence-electron chi connectivity index (χ1n) is 6.53. The first kappa shape index (κ1) is 16.4. The summed E-state index contributed by atoms with van der Waals surface area (Å²) in [6.07, 6.45) is -0.727. The second-order valence-corrected chi connectivity index (χ2v) is 5.35. The molecule has 20 heavy (non-hydrogen) atoms. The zero-order chi connectivity index (χ0) is 15.3. The summed E-state index contributed by atoms with van der Waals surface area (Å²) in [4.78, 5) is 37.0. The highest BCUT2D eigenvalue weighted by Gasteiger charge is 2.40. The largest absolute Gasteiger partial charge is 0.464 e. The van der Waals surface area contributed by atoms with Gasteiger partial charge in [-0.15, -0.1) is 0 Å². The molecule has 1 fully saturated rings. The number of nitrogens with zero attached hydrogens (tertiary/aromatic N) is 1. The highest BCUT2D eigenvalue weighted by molar-refractivity contribution is 6.06. The van der Waals surface area contributed by atoms with Crippen molar-refractivity contribution in [3.05, 3.63) is 0 Å². The number of rotatable bonds is 2. The van der Waals surface area contributed by atoms with Crippen LogP contribution in [0.25, 0.3) is 0 Å². The maximum atomic E-state index is 12.1. The van der Waals surface area contributed by atoms with Crippen molar-refractivity contribution in [1.82, 2.24) is 4.90 Å². The lowest BCUT2D eigenvalue weighted by molar-refractivity contribution is -0.152. The second kappa shape index (κ2) is 6.69. The Bertz CT molecular complexity index is 387. The number of ketones is 1. The van der Waals surface area contributed by atoms with Crippen molar-refractivity contribution >= 4 is 17.8 Å². The molecule has 0 aromatic carbocycles. The molecule has 1 aliphatic heterocycles. The molecule has 0 bridgehead atoms. The van der Waals surface area contributed by atoms with E-state index in [1.54, 1.807) is 27.7 Å². The average molecular weight is 287 g/mol. The lowest BCUT2D eigenvalue weighted by Crippen LogP contribution is -2.52. The van der Waals surface area contributed by atoms with Gasteiger partial charge in [0.05, 0.1) is 13.2 Å². The molecule has 0 aliphatic carbocycles. The number of Topliss-reactive ketones (excluding diaryl/α,β-unsaturated/α-hetero) is 1. The van der Waals surface area contributed by atoms with Crippen LogP contribution in [0.1, 0.15) is 27.7 Å². The molecule has 7 nitrogen and oxygen atoms in total. The van der Waals surface area contributed by atoms with E-state index in [0.717, 1.165) is 4.90 Å². The van der Waals surface area contributed by atoms with Gasteiger partial charge in [-0.1, -0.05) is 0 Å². The maximum absolute atomic E-state index is 12.1. The fourth-order valence-electron chi connectivity index (χ4n) is 1.71. The van der Waals surface area contributed by atoms with E-state index in [0.29, 0.717) is 0 Å². The first-order chi connectivity index (χ1) is 9.26. The van der Waals surface area contributed by atoms with Crippen molar-refractivity contribution in [2.75, 3.05) is 26.4 Å². The van der Waals surface area contributed by atoms with E-state index in [9.17, 15) is 14.4 Å². The fourth-order valence-corrected chi connectivity index (χ4v) is 1.71. The van der Waals surface area contributed by atoms with E-state index in [1.165, 1.54) is 0 Å². The van der Waals surface area contributed by atoms with Crippen LogP contribution in [0.4, 0.5) is 4.79 Å². The van der Waals surface area contributed by atoms with Crippen LogP contribution in [-0.2, 0) is 23.8 Å². The van der Waals surface area contributed by atoms with Crippen LogP contribution >= 0.6 is 0 Å². The lowest BCUT2D eigenvalue weighted by atomic mass is 10.1. The van der Waals surface area contributed by atoms with Crippen LogP contribution in [0.5, 0.6) is 0 Å². The normalized spacial score (nSPS) is 20.3. The molecule has 0 spiro atoms. The van der Waals surface area contributed by atoms with Crippen molar-refractivity contribution in [3.63, 3.8) is 0 Å². The van der Waals surface area contributed by atoms with Gasteiger partial charge in [0, 0.05) is 6.54 Å². The monoisotopic (exact) mass is 287 g/mol. The minimum atomic E-state index is -1.30. The highest BCUT2D eigenvalue weighted by atomic mass is 16.6. The van der Waals surface area contributed by atoms with Crippen LogP contribution in [0.2, 0.25) is 0 Å². The Kier molecular flexibility index (Phi) is 5.50. The predicted octanol–water partition coefficient (Wildman–Crippen LogP) is 0.754. The first-order valence-corrected chi connectivity index (χ1v) is 6.53. The number of hydrogen-bond donors (Lipinski definition) is 0. The number of amides is 1. The molecule has 1 heterocycles. The van der Waals surface area contributed by atoms with Crippen molar-refractivity contribution in [2.45, 2.75) is 39.3 Å². The van der Waals surface area contributed by atoms with Crippen LogP contribution < -0.4 is 0 Å². The van der Waals surface area contributed by atoms with Crippen molar-refractivity contribution < 1.29 is 28.6 Å². The number of ether oxygens (including phenoxy) is 3. The van der Waals surface area contributed by atoms with Gasteiger partial charge in [0.2, 0.25) is 0 Å². The fraction of sp³-hybridized carbons (Fsp3) is 0.769. The Morgan fingerprint density at radius 1 is 1.40 bits per heavy atom. The highest BCUT2D eigenvalue weighted by Crippen LogP contribution is 2.15. The van der Waals surface area contributed by atoms with Gasteiger partial charge in [0.15, 0.2) is 11.8 Å². The molecule has 0 aromatic heterocycles. The van der Waals surface area contributed by atoms with Gasteiger partial charge in [0.25, 0.3) is 0 Å². The third-order valence-corrected chi connectivity index (χ3v) is 2.48. The minimum absolute atomic E-state index is 0.101. The second-order valence-electron chi connectivity index (χ2n) is 5.35. The van der Waals surface area contributed by atoms with E-state index in [1.807, 2.05) is 0 Å². The molecule has 114 valence electrons. The van der Waals surface area contributed by atoms with E-state index >= 15 is 0 Å². The van der Waals surface area contributed by atoms with Gasteiger partial charge >= 0.3 is 12.1 Å². The van der Waals surface area contributed by atoms with Gasteiger partial charge < -0.3 is 14.2 Å². The van der Waals surface area contributed by atoms with E-state index in [2.05, 4.69) is 0 Å². The van der Waals surface area contributed by atoms with Gasteiger partial charge in [0.1, 0.15) is 12.2 Å². The van der Waals surface area contributed by atoms with E-state index in [-0.39, 0.29) is 26.4 Å². The third-order valence-electron chi connectivity index (χ3n) is 2.48. The number of esters is 1. The number of carbonyl (C=O) groups is 3. The van der Waals surface area contributed by atoms with Crippen molar-refractivity contribution in [1.29, 1.82) is 0 Å². The summed E-state index contributed by atoms with van der Waals surface area (Å²) in [7, 11) is 0. The maximum Gasteiger partial charge on any atom is 0.411 e. The number of hydrogen-bond acceptors (Lipinski definition) is 6. The molecule has 1 saturated heterocycles. The van der Waals surface area contributed by atoms with Gasteiger partial charge in [-0.25, -0.2) is 9.59 Å². The Hall–Kier alpha value is -1.63. The van der Waals surface area contributed by atoms with Gasteiger partial charge in [-0.3, -0.25) is 9.69 Å². The molecule has 0 saturated carbocycles. The molecule has 1 atom stereocenters.